The predicted molar refractivity (Wildman–Crippen MR) is 137 cm³/mol. The van der Waals surface area contributed by atoms with E-state index in [4.69, 9.17) is 25.4 Å². The predicted octanol–water partition coefficient (Wildman–Crippen LogP) is 2.71. The van der Waals surface area contributed by atoms with Crippen LogP contribution in [0.5, 0.6) is 5.75 Å². The number of hydrogen-bond donors (Lipinski definition) is 2. The Balaban J connectivity index is 2.26. The number of amides is 1. The molecule has 10 heteroatoms. The van der Waals surface area contributed by atoms with E-state index in [-0.39, 0.29) is 49.0 Å². The van der Waals surface area contributed by atoms with Gasteiger partial charge in [0, 0.05) is 12.1 Å². The molecule has 0 atom stereocenters. The lowest BCUT2D eigenvalue weighted by Gasteiger charge is -2.21. The lowest BCUT2D eigenvalue weighted by molar-refractivity contribution is -0.149. The number of ether oxygens (including phenoxy) is 3. The fourth-order valence-corrected chi connectivity index (χ4v) is 3.08. The highest BCUT2D eigenvalue weighted by Gasteiger charge is 2.26. The molecule has 0 saturated heterocycles. The number of hydrogen-bond acceptors (Lipinski definition) is 8. The minimum absolute atomic E-state index is 0.00651. The average Bonchev–Trinajstić information content (AvgIpc) is 2.87. The van der Waals surface area contributed by atoms with Crippen molar-refractivity contribution in [2.24, 2.45) is 5.73 Å². The Morgan fingerprint density at radius 3 is 2.08 bits per heavy atom. The first-order valence-corrected chi connectivity index (χ1v) is 11.4. The van der Waals surface area contributed by atoms with Crippen LogP contribution in [0.3, 0.4) is 0 Å². The Morgan fingerprint density at radius 2 is 1.54 bits per heavy atom. The molecular formula is C27H29N3O7. The Hall–Kier alpha value is -4.73. The van der Waals surface area contributed by atoms with Crippen molar-refractivity contribution in [3.63, 3.8) is 0 Å². The number of carbonyl (C=O) groups excluding carboxylic acids is 4. The van der Waals surface area contributed by atoms with Crippen molar-refractivity contribution in [2.45, 2.75) is 13.8 Å². The molecule has 0 aromatic heterocycles. The quantitative estimate of drug-likeness (QED) is 0.0651. The third kappa shape index (κ3) is 8.46. The third-order valence-electron chi connectivity index (χ3n) is 4.82. The lowest BCUT2D eigenvalue weighted by Crippen LogP contribution is -2.39. The summed E-state index contributed by atoms with van der Waals surface area (Å²) in [7, 11) is 0. The van der Waals surface area contributed by atoms with E-state index in [9.17, 15) is 19.2 Å². The summed E-state index contributed by atoms with van der Waals surface area (Å²) in [6, 6.07) is 12.2. The van der Waals surface area contributed by atoms with Crippen LogP contribution in [0, 0.1) is 5.41 Å². The Labute approximate surface area is 214 Å². The molecule has 0 unspecified atom stereocenters. The van der Waals surface area contributed by atoms with Crippen molar-refractivity contribution in [1.82, 2.24) is 4.90 Å². The zero-order valence-electron chi connectivity index (χ0n) is 20.7. The second-order valence-corrected chi connectivity index (χ2v) is 7.51. The van der Waals surface area contributed by atoms with Gasteiger partial charge in [0.15, 0.2) is 0 Å². The standard InChI is InChI=1S/C27H29N3O7/c1-4-15-30(17-23(31)35-5-2)25(32)22(27(34)36-6-3)16-18-7-9-20(10-8-18)26(33)37-21-13-11-19(12-14-21)24(28)29/h4,7-14,16H,1,5-6,15,17H2,2-3H3,(H3,28,29)/b22-16-. The zero-order chi connectivity index (χ0) is 27.4. The van der Waals surface area contributed by atoms with Gasteiger partial charge in [-0.25, -0.2) is 9.59 Å². The van der Waals surface area contributed by atoms with E-state index in [1.165, 1.54) is 48.6 Å². The maximum Gasteiger partial charge on any atom is 0.343 e. The number of nitrogen functional groups attached to an aromatic ring is 1. The summed E-state index contributed by atoms with van der Waals surface area (Å²) in [5, 5.41) is 7.41. The first-order valence-electron chi connectivity index (χ1n) is 11.4. The summed E-state index contributed by atoms with van der Waals surface area (Å²) >= 11 is 0. The second kappa shape index (κ2) is 14.0. The van der Waals surface area contributed by atoms with Crippen LogP contribution in [-0.2, 0) is 23.9 Å². The Morgan fingerprint density at radius 1 is 0.946 bits per heavy atom. The van der Waals surface area contributed by atoms with Gasteiger partial charge in [0.25, 0.3) is 5.91 Å². The monoisotopic (exact) mass is 507 g/mol. The summed E-state index contributed by atoms with van der Waals surface area (Å²) in [5.41, 5.74) is 6.28. The van der Waals surface area contributed by atoms with Crippen LogP contribution >= 0.6 is 0 Å². The van der Waals surface area contributed by atoms with Crippen LogP contribution < -0.4 is 10.5 Å². The SMILES string of the molecule is C=CCN(CC(=O)OCC)C(=O)/C(=C/c1ccc(C(=O)Oc2ccc(C(=N)N)cc2)cc1)C(=O)OCC. The normalized spacial score (nSPS) is 10.7. The number of nitrogens with one attached hydrogen (secondary N) is 1. The summed E-state index contributed by atoms with van der Waals surface area (Å²) < 4.78 is 15.3. The summed E-state index contributed by atoms with van der Waals surface area (Å²) in [6.07, 6.45) is 2.74. The van der Waals surface area contributed by atoms with E-state index in [1.54, 1.807) is 26.0 Å². The fourth-order valence-electron chi connectivity index (χ4n) is 3.08. The van der Waals surface area contributed by atoms with Gasteiger partial charge in [-0.1, -0.05) is 18.2 Å². The van der Waals surface area contributed by atoms with E-state index < -0.39 is 23.8 Å². The highest BCUT2D eigenvalue weighted by Crippen LogP contribution is 2.17. The van der Waals surface area contributed by atoms with Gasteiger partial charge in [-0.3, -0.25) is 15.0 Å². The van der Waals surface area contributed by atoms with Gasteiger partial charge in [-0.15, -0.1) is 6.58 Å². The molecule has 0 aliphatic heterocycles. The minimum atomic E-state index is -0.858. The molecule has 0 bridgehead atoms. The highest BCUT2D eigenvalue weighted by molar-refractivity contribution is 6.20. The molecule has 37 heavy (non-hydrogen) atoms. The van der Waals surface area contributed by atoms with Crippen molar-refractivity contribution in [1.29, 1.82) is 5.41 Å². The number of nitrogens with two attached hydrogens (primary N) is 1. The largest absolute Gasteiger partial charge is 0.465 e. The van der Waals surface area contributed by atoms with E-state index in [2.05, 4.69) is 6.58 Å². The van der Waals surface area contributed by atoms with Gasteiger partial charge in [0.1, 0.15) is 23.7 Å². The molecular weight excluding hydrogens is 478 g/mol. The van der Waals surface area contributed by atoms with Crippen LogP contribution in [0.25, 0.3) is 6.08 Å². The van der Waals surface area contributed by atoms with Crippen LogP contribution in [0.15, 0.2) is 66.8 Å². The van der Waals surface area contributed by atoms with Crippen molar-refractivity contribution < 1.29 is 33.4 Å². The molecule has 1 amide bonds. The Kier molecular flexibility index (Phi) is 10.8. The second-order valence-electron chi connectivity index (χ2n) is 7.51. The summed E-state index contributed by atoms with van der Waals surface area (Å²) in [5.74, 6) is -2.67. The number of rotatable bonds is 12. The minimum Gasteiger partial charge on any atom is -0.465 e. The van der Waals surface area contributed by atoms with Crippen LogP contribution in [-0.4, -0.2) is 60.9 Å². The number of esters is 3. The highest BCUT2D eigenvalue weighted by atomic mass is 16.5. The maximum atomic E-state index is 13.1. The number of nitrogens with zero attached hydrogens (tertiary/aromatic N) is 1. The molecule has 0 radical (unpaired) electrons. The number of carbonyl (C=O) groups is 4. The van der Waals surface area contributed by atoms with E-state index in [0.717, 1.165) is 4.90 Å². The fraction of sp³-hybridized carbons (Fsp3) is 0.222. The van der Waals surface area contributed by atoms with Gasteiger partial charge >= 0.3 is 17.9 Å². The molecule has 0 aliphatic carbocycles. The molecule has 0 saturated carbocycles. The topological polar surface area (TPSA) is 149 Å². The van der Waals surface area contributed by atoms with Crippen LogP contribution in [0.2, 0.25) is 0 Å². The molecule has 0 aliphatic rings. The molecule has 10 nitrogen and oxygen atoms in total. The summed E-state index contributed by atoms with van der Waals surface area (Å²) in [6.45, 7) is 6.67. The maximum absolute atomic E-state index is 13.1. The first-order chi connectivity index (χ1) is 17.7. The van der Waals surface area contributed by atoms with E-state index in [0.29, 0.717) is 11.1 Å². The van der Waals surface area contributed by atoms with Crippen LogP contribution in [0.1, 0.15) is 35.3 Å². The van der Waals surface area contributed by atoms with Crippen molar-refractivity contribution in [3.8, 4) is 5.75 Å². The van der Waals surface area contributed by atoms with Crippen molar-refractivity contribution in [3.05, 3.63) is 83.4 Å². The van der Waals surface area contributed by atoms with Gasteiger partial charge in [-0.05, 0) is 61.9 Å². The van der Waals surface area contributed by atoms with Crippen molar-refractivity contribution in [2.75, 3.05) is 26.3 Å². The molecule has 194 valence electrons. The van der Waals surface area contributed by atoms with Gasteiger partial charge < -0.3 is 24.8 Å². The molecule has 2 rings (SSSR count). The van der Waals surface area contributed by atoms with Gasteiger partial charge in [0.05, 0.1) is 18.8 Å². The van der Waals surface area contributed by atoms with E-state index >= 15 is 0 Å². The molecule has 2 aromatic rings. The molecule has 0 fully saturated rings. The molecule has 0 spiro atoms. The van der Waals surface area contributed by atoms with Crippen LogP contribution in [0.4, 0.5) is 0 Å². The molecule has 3 N–H and O–H groups in total. The third-order valence-corrected chi connectivity index (χ3v) is 4.82. The number of amidine groups is 1. The van der Waals surface area contributed by atoms with E-state index in [1.807, 2.05) is 0 Å². The molecule has 2 aromatic carbocycles. The van der Waals surface area contributed by atoms with Crippen molar-refractivity contribution >= 4 is 35.7 Å². The lowest BCUT2D eigenvalue weighted by atomic mass is 10.1. The van der Waals surface area contributed by atoms with Gasteiger partial charge in [0.2, 0.25) is 0 Å². The first kappa shape index (κ1) is 28.5. The Bertz CT molecular complexity index is 1190. The smallest absolute Gasteiger partial charge is 0.343 e. The summed E-state index contributed by atoms with van der Waals surface area (Å²) in [4.78, 5) is 51.3. The van der Waals surface area contributed by atoms with Gasteiger partial charge in [-0.2, -0.15) is 0 Å². The zero-order valence-corrected chi connectivity index (χ0v) is 20.7. The number of benzene rings is 2. The molecule has 0 heterocycles. The average molecular weight is 508 g/mol.